The monoisotopic (exact) mass is 291 g/mol. The highest BCUT2D eigenvalue weighted by molar-refractivity contribution is 5.76. The van der Waals surface area contributed by atoms with Crippen molar-refractivity contribution >= 4 is 5.91 Å². The van der Waals surface area contributed by atoms with E-state index in [4.69, 9.17) is 4.74 Å². The predicted molar refractivity (Wildman–Crippen MR) is 81.9 cm³/mol. The number of carbonyl (C=O) groups is 1. The maximum Gasteiger partial charge on any atom is 0.223 e. The van der Waals surface area contributed by atoms with E-state index in [0.29, 0.717) is 18.9 Å². The maximum atomic E-state index is 12.2. The number of aliphatic hydroxyl groups is 1. The fourth-order valence-electron chi connectivity index (χ4n) is 2.73. The van der Waals surface area contributed by atoms with Crippen LogP contribution in [0.15, 0.2) is 18.2 Å². The smallest absolute Gasteiger partial charge is 0.223 e. The summed E-state index contributed by atoms with van der Waals surface area (Å²) in [5.41, 5.74) is 3.27. The van der Waals surface area contributed by atoms with Crippen molar-refractivity contribution in [2.24, 2.45) is 5.92 Å². The topological polar surface area (TPSA) is 49.8 Å². The van der Waals surface area contributed by atoms with Crippen LogP contribution < -0.4 is 0 Å². The number of nitrogens with zero attached hydrogens (tertiary/aromatic N) is 1. The van der Waals surface area contributed by atoms with Gasteiger partial charge < -0.3 is 14.7 Å². The Morgan fingerprint density at radius 2 is 2.14 bits per heavy atom. The molecule has 0 fully saturated rings. The maximum absolute atomic E-state index is 12.2. The fraction of sp³-hybridized carbons (Fsp3) is 0.588. The Balaban J connectivity index is 2.11. The van der Waals surface area contributed by atoms with E-state index in [1.807, 2.05) is 17.0 Å². The molecule has 1 unspecified atom stereocenters. The summed E-state index contributed by atoms with van der Waals surface area (Å²) >= 11 is 0. The van der Waals surface area contributed by atoms with Crippen LogP contribution in [0.4, 0.5) is 0 Å². The molecule has 4 heteroatoms. The summed E-state index contributed by atoms with van der Waals surface area (Å²) in [6.07, 6.45) is 0.878. The van der Waals surface area contributed by atoms with Crippen molar-refractivity contribution in [2.75, 3.05) is 20.3 Å². The van der Waals surface area contributed by atoms with Gasteiger partial charge >= 0.3 is 0 Å². The summed E-state index contributed by atoms with van der Waals surface area (Å²) in [7, 11) is 1.58. The number of aliphatic hydroxyl groups excluding tert-OH is 1. The Labute approximate surface area is 126 Å². The zero-order chi connectivity index (χ0) is 15.4. The molecule has 1 N–H and O–H groups in total. The third-order valence-electron chi connectivity index (χ3n) is 3.89. The Kier molecular flexibility index (Phi) is 5.37. The normalized spacial score (nSPS) is 16.0. The van der Waals surface area contributed by atoms with Gasteiger partial charge in [-0.05, 0) is 29.0 Å². The number of carbonyl (C=O) groups excluding carboxylic acids is 1. The van der Waals surface area contributed by atoms with Gasteiger partial charge in [-0.3, -0.25) is 4.79 Å². The molecule has 4 nitrogen and oxygen atoms in total. The number of hydrogen-bond acceptors (Lipinski definition) is 3. The highest BCUT2D eigenvalue weighted by atomic mass is 16.5. The molecule has 0 saturated heterocycles. The number of rotatable bonds is 5. The summed E-state index contributed by atoms with van der Waals surface area (Å²) < 4.78 is 4.99. The third-order valence-corrected chi connectivity index (χ3v) is 3.89. The van der Waals surface area contributed by atoms with Crippen LogP contribution in [0.5, 0.6) is 0 Å². The van der Waals surface area contributed by atoms with Crippen molar-refractivity contribution < 1.29 is 14.6 Å². The highest BCUT2D eigenvalue weighted by Crippen LogP contribution is 2.24. The Morgan fingerprint density at radius 1 is 1.38 bits per heavy atom. The van der Waals surface area contributed by atoms with Crippen LogP contribution in [0.1, 0.15) is 43.1 Å². The minimum atomic E-state index is -0.609. The molecule has 116 valence electrons. The second-order valence-electron chi connectivity index (χ2n) is 6.16. The van der Waals surface area contributed by atoms with E-state index in [9.17, 15) is 9.90 Å². The van der Waals surface area contributed by atoms with Crippen molar-refractivity contribution in [1.82, 2.24) is 4.90 Å². The quantitative estimate of drug-likeness (QED) is 0.905. The van der Waals surface area contributed by atoms with E-state index < -0.39 is 6.10 Å². The van der Waals surface area contributed by atoms with Gasteiger partial charge in [0.05, 0.1) is 6.61 Å². The molecule has 0 saturated carbocycles. The van der Waals surface area contributed by atoms with E-state index >= 15 is 0 Å². The molecule has 1 aromatic carbocycles. The van der Waals surface area contributed by atoms with Gasteiger partial charge in [-0.1, -0.05) is 32.0 Å². The number of benzene rings is 1. The molecule has 21 heavy (non-hydrogen) atoms. The first-order chi connectivity index (χ1) is 10.0. The highest BCUT2D eigenvalue weighted by Gasteiger charge is 2.22. The third kappa shape index (κ3) is 4.05. The summed E-state index contributed by atoms with van der Waals surface area (Å²) in [6.45, 7) is 5.85. The second-order valence-corrected chi connectivity index (χ2v) is 6.16. The Hall–Kier alpha value is -1.39. The lowest BCUT2D eigenvalue weighted by Gasteiger charge is -2.30. The summed E-state index contributed by atoms with van der Waals surface area (Å²) in [5.74, 6) is 0.604. The lowest BCUT2D eigenvalue weighted by Crippen LogP contribution is -2.36. The van der Waals surface area contributed by atoms with Crippen molar-refractivity contribution in [3.63, 3.8) is 0 Å². The van der Waals surface area contributed by atoms with Crippen LogP contribution in [0.3, 0.4) is 0 Å². The standard InChI is InChI=1S/C17H25NO3/c1-12(2)8-17(20)18-7-6-13-4-5-14(9-15(13)10-18)16(19)11-21-3/h4-5,9,12,16,19H,6-8,10-11H2,1-3H3. The minimum Gasteiger partial charge on any atom is -0.386 e. The van der Waals surface area contributed by atoms with Gasteiger partial charge in [-0.25, -0.2) is 0 Å². The molecule has 1 atom stereocenters. The van der Waals surface area contributed by atoms with Crippen molar-refractivity contribution in [2.45, 2.75) is 39.3 Å². The van der Waals surface area contributed by atoms with Gasteiger partial charge in [0.1, 0.15) is 6.10 Å². The first-order valence-electron chi connectivity index (χ1n) is 7.57. The van der Waals surface area contributed by atoms with Crippen molar-refractivity contribution in [3.05, 3.63) is 34.9 Å². The molecule has 1 heterocycles. The zero-order valence-electron chi connectivity index (χ0n) is 13.1. The summed E-state index contributed by atoms with van der Waals surface area (Å²) in [6, 6.07) is 6.02. The second kappa shape index (κ2) is 7.05. The first-order valence-corrected chi connectivity index (χ1v) is 7.57. The van der Waals surface area contributed by atoms with Gasteiger partial charge in [0.2, 0.25) is 5.91 Å². The molecule has 0 aromatic heterocycles. The van der Waals surface area contributed by atoms with E-state index in [-0.39, 0.29) is 12.5 Å². The summed E-state index contributed by atoms with van der Waals surface area (Å²) in [4.78, 5) is 14.1. The fourth-order valence-corrected chi connectivity index (χ4v) is 2.73. The lowest BCUT2D eigenvalue weighted by molar-refractivity contribution is -0.132. The average molecular weight is 291 g/mol. The largest absolute Gasteiger partial charge is 0.386 e. The average Bonchev–Trinajstić information content (AvgIpc) is 2.45. The van der Waals surface area contributed by atoms with Crippen LogP contribution in [-0.4, -0.2) is 36.2 Å². The van der Waals surface area contributed by atoms with Gasteiger partial charge in [0.25, 0.3) is 0 Å². The van der Waals surface area contributed by atoms with Gasteiger partial charge in [-0.15, -0.1) is 0 Å². The van der Waals surface area contributed by atoms with Crippen molar-refractivity contribution in [1.29, 1.82) is 0 Å². The molecule has 2 rings (SSSR count). The molecule has 1 aromatic rings. The number of ether oxygens (including phenoxy) is 1. The molecule has 0 aliphatic carbocycles. The Bertz CT molecular complexity index is 499. The number of fused-ring (bicyclic) bond motifs is 1. The first kappa shape index (κ1) is 16.0. The van der Waals surface area contributed by atoms with Crippen molar-refractivity contribution in [3.8, 4) is 0 Å². The molecule has 0 radical (unpaired) electrons. The number of methoxy groups -OCH3 is 1. The molecule has 1 amide bonds. The lowest BCUT2D eigenvalue weighted by atomic mass is 9.95. The molecular formula is C17H25NO3. The van der Waals surface area contributed by atoms with E-state index in [0.717, 1.165) is 24.1 Å². The SMILES string of the molecule is COCC(O)c1ccc2c(c1)CN(C(=O)CC(C)C)CC2. The van der Waals surface area contributed by atoms with Gasteiger partial charge in [0, 0.05) is 26.6 Å². The zero-order valence-corrected chi connectivity index (χ0v) is 13.1. The van der Waals surface area contributed by atoms with Crippen LogP contribution in [0.25, 0.3) is 0 Å². The van der Waals surface area contributed by atoms with Crippen LogP contribution in [0.2, 0.25) is 0 Å². The molecule has 1 aliphatic rings. The van der Waals surface area contributed by atoms with Crippen LogP contribution in [0, 0.1) is 5.92 Å². The van der Waals surface area contributed by atoms with Gasteiger partial charge in [-0.2, -0.15) is 0 Å². The molecule has 0 spiro atoms. The minimum absolute atomic E-state index is 0.221. The molecule has 0 bridgehead atoms. The van der Waals surface area contributed by atoms with Gasteiger partial charge in [0.15, 0.2) is 0 Å². The van der Waals surface area contributed by atoms with E-state index in [1.165, 1.54) is 5.56 Å². The molecular weight excluding hydrogens is 266 g/mol. The predicted octanol–water partition coefficient (Wildman–Crippen LogP) is 2.30. The summed E-state index contributed by atoms with van der Waals surface area (Å²) in [5, 5.41) is 10.0. The van der Waals surface area contributed by atoms with Crippen LogP contribution in [-0.2, 0) is 22.5 Å². The molecule has 1 aliphatic heterocycles. The number of amides is 1. The Morgan fingerprint density at radius 3 is 2.81 bits per heavy atom. The van der Waals surface area contributed by atoms with E-state index in [2.05, 4.69) is 19.9 Å². The van der Waals surface area contributed by atoms with E-state index in [1.54, 1.807) is 7.11 Å². The number of hydrogen-bond donors (Lipinski definition) is 1. The van der Waals surface area contributed by atoms with Crippen LogP contribution >= 0.6 is 0 Å².